The fourth-order valence-corrected chi connectivity index (χ4v) is 5.42. The highest BCUT2D eigenvalue weighted by molar-refractivity contribution is 7.20. The third-order valence-electron chi connectivity index (χ3n) is 5.98. The van der Waals surface area contributed by atoms with E-state index >= 15 is 0 Å². The van der Waals surface area contributed by atoms with Gasteiger partial charge in [-0.2, -0.15) is 5.10 Å². The molecule has 1 aliphatic rings. The number of aryl methyl sites for hydroxylation is 1. The zero-order valence-electron chi connectivity index (χ0n) is 17.9. The molecule has 7 heteroatoms. The van der Waals surface area contributed by atoms with Crippen LogP contribution in [0.15, 0.2) is 60.7 Å². The van der Waals surface area contributed by atoms with Gasteiger partial charge >= 0.3 is 5.97 Å². The van der Waals surface area contributed by atoms with Gasteiger partial charge in [0.2, 0.25) is 0 Å². The number of ether oxygens (including phenoxy) is 1. The van der Waals surface area contributed by atoms with Crippen molar-refractivity contribution in [3.05, 3.63) is 87.9 Å². The molecule has 0 fully saturated rings. The van der Waals surface area contributed by atoms with Crippen molar-refractivity contribution in [3.8, 4) is 0 Å². The van der Waals surface area contributed by atoms with Crippen molar-refractivity contribution in [2.75, 3.05) is 7.11 Å². The van der Waals surface area contributed by atoms with E-state index in [0.717, 1.165) is 32.6 Å². The van der Waals surface area contributed by atoms with E-state index in [1.54, 1.807) is 4.90 Å². The topological polar surface area (TPSA) is 64.4 Å². The largest absolute Gasteiger partial charge is 0.467 e. The van der Waals surface area contributed by atoms with E-state index in [-0.39, 0.29) is 11.9 Å². The van der Waals surface area contributed by atoms with E-state index in [2.05, 4.69) is 17.2 Å². The Morgan fingerprint density at radius 2 is 1.81 bits per heavy atom. The number of hydrogen-bond acceptors (Lipinski definition) is 5. The summed E-state index contributed by atoms with van der Waals surface area (Å²) in [6.07, 6.45) is 0.459. The summed E-state index contributed by atoms with van der Waals surface area (Å²) in [6, 6.07) is 19.3. The first-order valence-electron chi connectivity index (χ1n) is 10.5. The quantitative estimate of drug-likeness (QED) is 0.442. The molecule has 6 nitrogen and oxygen atoms in total. The van der Waals surface area contributed by atoms with Crippen molar-refractivity contribution in [1.82, 2.24) is 14.7 Å². The van der Waals surface area contributed by atoms with Crippen LogP contribution in [0.1, 0.15) is 32.1 Å². The first kappa shape index (κ1) is 20.5. The molecule has 0 spiro atoms. The number of hydrogen-bond donors (Lipinski definition) is 0. The average molecular weight is 446 g/mol. The van der Waals surface area contributed by atoms with Gasteiger partial charge in [-0.25, -0.2) is 4.79 Å². The predicted molar refractivity (Wildman–Crippen MR) is 124 cm³/mol. The smallest absolute Gasteiger partial charge is 0.328 e. The molecular weight excluding hydrogens is 422 g/mol. The molecule has 2 aromatic heterocycles. The molecule has 3 heterocycles. The Bertz CT molecular complexity index is 1310. The molecular formula is C25H23N3O3S. The van der Waals surface area contributed by atoms with E-state index < -0.39 is 6.04 Å². The van der Waals surface area contributed by atoms with E-state index in [9.17, 15) is 9.59 Å². The molecule has 32 heavy (non-hydrogen) atoms. The van der Waals surface area contributed by atoms with Crippen LogP contribution in [0.2, 0.25) is 0 Å². The maximum atomic E-state index is 13.6. The van der Waals surface area contributed by atoms with Crippen molar-refractivity contribution in [3.63, 3.8) is 0 Å². The molecule has 5 rings (SSSR count). The Labute approximate surface area is 190 Å². The third-order valence-corrected chi connectivity index (χ3v) is 7.11. The second kappa shape index (κ2) is 8.24. The molecule has 0 radical (unpaired) electrons. The maximum absolute atomic E-state index is 13.6. The number of benzene rings is 2. The Kier molecular flexibility index (Phi) is 5.27. The van der Waals surface area contributed by atoms with Gasteiger partial charge in [0.05, 0.1) is 24.2 Å². The Balaban J connectivity index is 1.49. The molecule has 1 atom stereocenters. The molecule has 162 valence electrons. The number of amides is 1. The highest BCUT2D eigenvalue weighted by Crippen LogP contribution is 2.32. The van der Waals surface area contributed by atoms with Gasteiger partial charge in [-0.15, -0.1) is 11.3 Å². The van der Waals surface area contributed by atoms with Crippen LogP contribution in [0.25, 0.3) is 10.2 Å². The van der Waals surface area contributed by atoms with Crippen LogP contribution >= 0.6 is 11.3 Å². The van der Waals surface area contributed by atoms with Crippen molar-refractivity contribution in [2.24, 2.45) is 0 Å². The van der Waals surface area contributed by atoms with Gasteiger partial charge in [0.25, 0.3) is 5.91 Å². The van der Waals surface area contributed by atoms with Gasteiger partial charge in [0, 0.05) is 18.4 Å². The molecule has 1 aliphatic heterocycles. The molecule has 0 saturated carbocycles. The second-order valence-electron chi connectivity index (χ2n) is 8.00. The lowest BCUT2D eigenvalue weighted by molar-refractivity contribution is -0.146. The number of carbonyl (C=O) groups is 2. The predicted octanol–water partition coefficient (Wildman–Crippen LogP) is 4.19. The Morgan fingerprint density at radius 1 is 1.09 bits per heavy atom. The summed E-state index contributed by atoms with van der Waals surface area (Å²) in [5, 5.41) is 5.65. The van der Waals surface area contributed by atoms with E-state index in [4.69, 9.17) is 4.74 Å². The molecule has 1 amide bonds. The molecule has 0 aliphatic carbocycles. The fraction of sp³-hybridized carbons (Fsp3) is 0.240. The third kappa shape index (κ3) is 3.58. The number of methoxy groups -OCH3 is 1. The number of nitrogens with zero attached hydrogens (tertiary/aromatic N) is 3. The van der Waals surface area contributed by atoms with Crippen molar-refractivity contribution in [1.29, 1.82) is 0 Å². The fourth-order valence-electron chi connectivity index (χ4n) is 4.31. The van der Waals surface area contributed by atoms with Crippen molar-refractivity contribution >= 4 is 33.4 Å². The number of carbonyl (C=O) groups excluding carboxylic acids is 2. The highest BCUT2D eigenvalue weighted by atomic mass is 32.1. The SMILES string of the molecule is COC(=O)C1Cc2ccccc2CN1C(=O)c1cc2c(C)nn(Cc3ccccc3)c2s1. The molecule has 4 aromatic rings. The van der Waals surface area contributed by atoms with Crippen molar-refractivity contribution in [2.45, 2.75) is 32.5 Å². The summed E-state index contributed by atoms with van der Waals surface area (Å²) in [4.78, 5) is 29.3. The van der Waals surface area contributed by atoms with Crippen LogP contribution in [0, 0.1) is 6.92 Å². The lowest BCUT2D eigenvalue weighted by Crippen LogP contribution is -2.48. The normalized spacial score (nSPS) is 15.6. The molecule has 0 N–H and O–H groups in total. The second-order valence-corrected chi connectivity index (χ2v) is 9.03. The van der Waals surface area contributed by atoms with Gasteiger partial charge in [-0.05, 0) is 29.7 Å². The summed E-state index contributed by atoms with van der Waals surface area (Å²) >= 11 is 1.43. The van der Waals surface area contributed by atoms with Gasteiger partial charge in [-0.3, -0.25) is 9.48 Å². The first-order chi connectivity index (χ1) is 15.5. The zero-order chi connectivity index (χ0) is 22.2. The van der Waals surface area contributed by atoms with E-state index in [0.29, 0.717) is 24.4 Å². The van der Waals surface area contributed by atoms with Crippen LogP contribution < -0.4 is 0 Å². The Hall–Kier alpha value is -3.45. The maximum Gasteiger partial charge on any atom is 0.328 e. The number of rotatable bonds is 4. The summed E-state index contributed by atoms with van der Waals surface area (Å²) in [6.45, 7) is 2.98. The number of aromatic nitrogens is 2. The molecule has 2 aromatic carbocycles. The summed E-state index contributed by atoms with van der Waals surface area (Å²) in [7, 11) is 1.37. The minimum atomic E-state index is -0.630. The van der Waals surface area contributed by atoms with Crippen LogP contribution in [0.5, 0.6) is 0 Å². The van der Waals surface area contributed by atoms with Crippen LogP contribution in [0.3, 0.4) is 0 Å². The first-order valence-corrected chi connectivity index (χ1v) is 11.3. The molecule has 0 bridgehead atoms. The lowest BCUT2D eigenvalue weighted by Gasteiger charge is -2.34. The summed E-state index contributed by atoms with van der Waals surface area (Å²) < 4.78 is 6.98. The molecule has 1 unspecified atom stereocenters. The highest BCUT2D eigenvalue weighted by Gasteiger charge is 2.36. The van der Waals surface area contributed by atoms with Crippen LogP contribution in [0.4, 0.5) is 0 Å². The minimum Gasteiger partial charge on any atom is -0.467 e. The number of thiophene rings is 1. The zero-order valence-corrected chi connectivity index (χ0v) is 18.8. The van der Waals surface area contributed by atoms with Crippen LogP contribution in [-0.2, 0) is 29.0 Å². The number of fused-ring (bicyclic) bond motifs is 2. The van der Waals surface area contributed by atoms with Crippen LogP contribution in [-0.4, -0.2) is 39.7 Å². The van der Waals surface area contributed by atoms with Gasteiger partial charge in [0.15, 0.2) is 0 Å². The summed E-state index contributed by atoms with van der Waals surface area (Å²) in [5.74, 6) is -0.540. The monoisotopic (exact) mass is 445 g/mol. The minimum absolute atomic E-state index is 0.151. The Morgan fingerprint density at radius 3 is 2.56 bits per heavy atom. The molecule has 0 saturated heterocycles. The lowest BCUT2D eigenvalue weighted by atomic mass is 9.94. The van der Waals surface area contributed by atoms with Gasteiger partial charge in [0.1, 0.15) is 10.9 Å². The van der Waals surface area contributed by atoms with E-state index in [1.165, 1.54) is 18.4 Å². The summed E-state index contributed by atoms with van der Waals surface area (Å²) in [5.41, 5.74) is 4.18. The van der Waals surface area contributed by atoms with Crippen molar-refractivity contribution < 1.29 is 14.3 Å². The van der Waals surface area contributed by atoms with Gasteiger partial charge < -0.3 is 9.64 Å². The number of esters is 1. The van der Waals surface area contributed by atoms with Gasteiger partial charge in [-0.1, -0.05) is 54.6 Å². The van der Waals surface area contributed by atoms with E-state index in [1.807, 2.05) is 60.1 Å². The average Bonchev–Trinajstić information content (AvgIpc) is 3.39. The standard InChI is InChI=1S/C25H23N3O3S/c1-16-20-13-22(32-24(20)28(26-16)14-17-8-4-3-5-9-17)23(29)27-15-19-11-7-6-10-18(19)12-21(27)25(30)31-2/h3-11,13,21H,12,14-15H2,1-2H3.